The van der Waals surface area contributed by atoms with Crippen LogP contribution in [0.1, 0.15) is 18.4 Å². The zero-order chi connectivity index (χ0) is 10.9. The maximum atomic E-state index is 9.34. The van der Waals surface area contributed by atoms with Gasteiger partial charge < -0.3 is 15.5 Å². The van der Waals surface area contributed by atoms with E-state index >= 15 is 0 Å². The lowest BCUT2D eigenvalue weighted by Gasteiger charge is -2.15. The van der Waals surface area contributed by atoms with E-state index in [1.54, 1.807) is 12.1 Å². The van der Waals surface area contributed by atoms with Gasteiger partial charge in [0, 0.05) is 16.6 Å². The number of aliphatic hydroxyl groups is 1. The molecule has 0 bridgehead atoms. The molecule has 4 heteroatoms. The predicted molar refractivity (Wildman–Crippen MR) is 61.7 cm³/mol. The lowest BCUT2D eigenvalue weighted by Crippen LogP contribution is -2.34. The van der Waals surface area contributed by atoms with Gasteiger partial charge >= 0.3 is 0 Å². The van der Waals surface area contributed by atoms with Crippen LogP contribution < -0.4 is 5.32 Å². The molecule has 0 saturated heterocycles. The average Bonchev–Trinajstić information content (AvgIpc) is 3.00. The molecule has 0 spiro atoms. The third kappa shape index (κ3) is 2.51. The van der Waals surface area contributed by atoms with Crippen LogP contribution in [0.3, 0.4) is 0 Å². The number of hydrogen-bond acceptors (Lipinski definition) is 3. The van der Waals surface area contributed by atoms with E-state index in [-0.39, 0.29) is 17.9 Å². The summed E-state index contributed by atoms with van der Waals surface area (Å²) in [6.45, 7) is 0.846. The van der Waals surface area contributed by atoms with E-state index in [1.807, 2.05) is 6.07 Å². The van der Waals surface area contributed by atoms with Crippen LogP contribution in [0.2, 0.25) is 0 Å². The maximum absolute atomic E-state index is 9.34. The number of hydrogen-bond donors (Lipinski definition) is 3. The predicted octanol–water partition coefficient (Wildman–Crippen LogP) is 1.77. The van der Waals surface area contributed by atoms with Crippen molar-refractivity contribution in [3.05, 3.63) is 28.2 Å². The van der Waals surface area contributed by atoms with E-state index in [0.29, 0.717) is 6.54 Å². The highest BCUT2D eigenvalue weighted by atomic mass is 79.9. The molecule has 15 heavy (non-hydrogen) atoms. The summed E-state index contributed by atoms with van der Waals surface area (Å²) < 4.78 is 0.974. The van der Waals surface area contributed by atoms with Crippen LogP contribution in [0.4, 0.5) is 0 Å². The normalized spacial score (nSPS) is 17.7. The second-order valence-electron chi connectivity index (χ2n) is 4.07. The van der Waals surface area contributed by atoms with Gasteiger partial charge in [-0.25, -0.2) is 0 Å². The Morgan fingerprint density at radius 2 is 2.13 bits per heavy atom. The lowest BCUT2D eigenvalue weighted by molar-refractivity contribution is 0.229. The van der Waals surface area contributed by atoms with Gasteiger partial charge in [-0.3, -0.25) is 0 Å². The van der Waals surface area contributed by atoms with Crippen molar-refractivity contribution in [3.8, 4) is 5.75 Å². The van der Waals surface area contributed by atoms with Gasteiger partial charge in [0.2, 0.25) is 0 Å². The zero-order valence-corrected chi connectivity index (χ0v) is 9.92. The summed E-state index contributed by atoms with van der Waals surface area (Å²) in [5.41, 5.74) is 0.944. The van der Waals surface area contributed by atoms with E-state index < -0.39 is 0 Å². The molecule has 0 atom stereocenters. The Hall–Kier alpha value is -0.580. The minimum absolute atomic E-state index is 0.0646. The van der Waals surface area contributed by atoms with E-state index in [1.165, 1.54) is 0 Å². The topological polar surface area (TPSA) is 52.5 Å². The second-order valence-corrected chi connectivity index (χ2v) is 4.92. The van der Waals surface area contributed by atoms with Crippen LogP contribution in [0.15, 0.2) is 22.7 Å². The summed E-state index contributed by atoms with van der Waals surface area (Å²) in [5, 5.41) is 21.8. The largest absolute Gasteiger partial charge is 0.508 e. The highest BCUT2D eigenvalue weighted by Crippen LogP contribution is 2.35. The van der Waals surface area contributed by atoms with Gasteiger partial charge in [-0.1, -0.05) is 15.9 Å². The maximum Gasteiger partial charge on any atom is 0.115 e. The van der Waals surface area contributed by atoms with Gasteiger partial charge in [-0.05, 0) is 36.6 Å². The summed E-state index contributed by atoms with van der Waals surface area (Å²) in [6.07, 6.45) is 2.06. The number of halogens is 1. The SMILES string of the molecule is OCC1(NCc2cc(O)ccc2Br)CC1. The van der Waals surface area contributed by atoms with E-state index in [9.17, 15) is 5.11 Å². The molecular weight excluding hydrogens is 258 g/mol. The van der Waals surface area contributed by atoms with Crippen molar-refractivity contribution in [1.29, 1.82) is 0 Å². The van der Waals surface area contributed by atoms with Crippen LogP contribution >= 0.6 is 15.9 Å². The standard InChI is InChI=1S/C11H14BrNO2/c12-10-2-1-9(15)5-8(10)6-13-11(7-14)3-4-11/h1-2,5,13-15H,3-4,6-7H2. The fraction of sp³-hybridized carbons (Fsp3) is 0.455. The molecule has 82 valence electrons. The van der Waals surface area contributed by atoms with Crippen molar-refractivity contribution in [2.24, 2.45) is 0 Å². The monoisotopic (exact) mass is 271 g/mol. The van der Waals surface area contributed by atoms with Crippen LogP contribution in [0.5, 0.6) is 5.75 Å². The minimum atomic E-state index is -0.0646. The van der Waals surface area contributed by atoms with Crippen molar-refractivity contribution in [2.45, 2.75) is 24.9 Å². The molecule has 3 nitrogen and oxygen atoms in total. The van der Waals surface area contributed by atoms with Gasteiger partial charge in [-0.15, -0.1) is 0 Å². The van der Waals surface area contributed by atoms with E-state index in [2.05, 4.69) is 21.2 Å². The molecule has 0 heterocycles. The Morgan fingerprint density at radius 3 is 2.73 bits per heavy atom. The highest BCUT2D eigenvalue weighted by Gasteiger charge is 2.41. The summed E-state index contributed by atoms with van der Waals surface area (Å²) in [7, 11) is 0. The Bertz CT molecular complexity index is 364. The van der Waals surface area contributed by atoms with Crippen LogP contribution in [-0.4, -0.2) is 22.4 Å². The number of benzene rings is 1. The number of rotatable bonds is 4. The van der Waals surface area contributed by atoms with Crippen molar-refractivity contribution < 1.29 is 10.2 Å². The molecule has 0 radical (unpaired) electrons. The molecule has 1 saturated carbocycles. The Morgan fingerprint density at radius 1 is 1.40 bits per heavy atom. The molecule has 1 aromatic carbocycles. The number of phenolic OH excluding ortho intramolecular Hbond substituents is 1. The lowest BCUT2D eigenvalue weighted by atomic mass is 10.2. The van der Waals surface area contributed by atoms with Crippen molar-refractivity contribution in [3.63, 3.8) is 0 Å². The third-order valence-corrected chi connectivity index (χ3v) is 3.61. The van der Waals surface area contributed by atoms with Gasteiger partial charge in [-0.2, -0.15) is 0 Å². The van der Waals surface area contributed by atoms with Crippen LogP contribution in [0, 0.1) is 0 Å². The molecule has 1 aromatic rings. The minimum Gasteiger partial charge on any atom is -0.508 e. The summed E-state index contributed by atoms with van der Waals surface area (Å²) in [5.74, 6) is 0.267. The Labute approximate surface area is 97.3 Å². The summed E-state index contributed by atoms with van der Waals surface area (Å²) >= 11 is 3.43. The first-order valence-corrected chi connectivity index (χ1v) is 5.78. The molecule has 1 aliphatic rings. The number of phenols is 1. The molecule has 1 aliphatic carbocycles. The summed E-state index contributed by atoms with van der Waals surface area (Å²) in [6, 6.07) is 5.20. The molecule has 0 aliphatic heterocycles. The van der Waals surface area contributed by atoms with Gasteiger partial charge in [0.05, 0.1) is 6.61 Å². The van der Waals surface area contributed by atoms with Crippen molar-refractivity contribution in [1.82, 2.24) is 5.32 Å². The van der Waals surface area contributed by atoms with Crippen LogP contribution in [0.25, 0.3) is 0 Å². The first kappa shape index (κ1) is 10.9. The summed E-state index contributed by atoms with van der Waals surface area (Å²) in [4.78, 5) is 0. The first-order valence-electron chi connectivity index (χ1n) is 4.98. The number of aromatic hydroxyl groups is 1. The average molecular weight is 272 g/mol. The first-order chi connectivity index (χ1) is 7.15. The van der Waals surface area contributed by atoms with Crippen LogP contribution in [-0.2, 0) is 6.54 Å². The molecule has 0 aromatic heterocycles. The second kappa shape index (κ2) is 4.12. The fourth-order valence-electron chi connectivity index (χ4n) is 1.52. The van der Waals surface area contributed by atoms with E-state index in [0.717, 1.165) is 22.9 Å². The molecule has 0 unspecified atom stereocenters. The third-order valence-electron chi connectivity index (χ3n) is 2.84. The number of aliphatic hydroxyl groups excluding tert-OH is 1. The molecule has 3 N–H and O–H groups in total. The molecule has 2 rings (SSSR count). The van der Waals surface area contributed by atoms with Crippen molar-refractivity contribution >= 4 is 15.9 Å². The number of nitrogens with one attached hydrogen (secondary N) is 1. The smallest absolute Gasteiger partial charge is 0.115 e. The van der Waals surface area contributed by atoms with Gasteiger partial charge in [0.1, 0.15) is 5.75 Å². The van der Waals surface area contributed by atoms with Gasteiger partial charge in [0.15, 0.2) is 0 Å². The Balaban J connectivity index is 2.01. The fourth-order valence-corrected chi connectivity index (χ4v) is 1.91. The highest BCUT2D eigenvalue weighted by molar-refractivity contribution is 9.10. The van der Waals surface area contributed by atoms with Gasteiger partial charge in [0.25, 0.3) is 0 Å². The molecule has 0 amide bonds. The quantitative estimate of drug-likeness (QED) is 0.783. The zero-order valence-electron chi connectivity index (χ0n) is 8.33. The van der Waals surface area contributed by atoms with Crippen molar-refractivity contribution in [2.75, 3.05) is 6.61 Å². The Kier molecular flexibility index (Phi) is 3.00. The van der Waals surface area contributed by atoms with E-state index in [4.69, 9.17) is 5.11 Å². The molecular formula is C11H14BrNO2. The molecule has 1 fully saturated rings.